The lowest BCUT2D eigenvalue weighted by molar-refractivity contribution is -0.144. The molecule has 2 aromatic carbocycles. The van der Waals surface area contributed by atoms with E-state index in [0.29, 0.717) is 62.7 Å². The van der Waals surface area contributed by atoms with Gasteiger partial charge in [0.15, 0.2) is 5.96 Å². The van der Waals surface area contributed by atoms with Crippen LogP contribution in [0.1, 0.15) is 127 Å². The number of nitrogens with zero attached hydrogens (tertiary/aromatic N) is 3. The smallest absolute Gasteiger partial charge is 0.245 e. The molecular formula is C65H100N18O13S. The van der Waals surface area contributed by atoms with E-state index in [1.165, 1.54) is 21.6 Å². The molecule has 22 N–H and O–H groups in total. The molecule has 32 heteroatoms. The van der Waals surface area contributed by atoms with Crippen molar-refractivity contribution in [1.29, 1.82) is 0 Å². The highest BCUT2D eigenvalue weighted by Gasteiger charge is 2.43. The zero-order chi connectivity index (χ0) is 71.3. The third kappa shape index (κ3) is 25.6. The average molecular weight is 1370 g/mol. The number of hydrogen-bond acceptors (Lipinski definition) is 17. The van der Waals surface area contributed by atoms with Crippen LogP contribution in [0.4, 0.5) is 0 Å². The van der Waals surface area contributed by atoms with E-state index < -0.39 is 175 Å². The highest BCUT2D eigenvalue weighted by atomic mass is 32.2. The highest BCUT2D eigenvalue weighted by molar-refractivity contribution is 7.98. The van der Waals surface area contributed by atoms with Crippen molar-refractivity contribution in [3.05, 3.63) is 71.3 Å². The van der Waals surface area contributed by atoms with Crippen molar-refractivity contribution in [1.82, 2.24) is 52.3 Å². The molecule has 2 aliphatic heterocycles. The third-order valence-electron chi connectivity index (χ3n) is 17.3. The summed E-state index contributed by atoms with van der Waals surface area (Å²) in [6, 6.07) is 3.57. The predicted octanol–water partition coefficient (Wildman–Crippen LogP) is -3.54. The molecule has 0 bridgehead atoms. The molecule has 0 saturated carbocycles. The van der Waals surface area contributed by atoms with E-state index >= 15 is 0 Å². The van der Waals surface area contributed by atoms with Crippen LogP contribution in [0, 0.1) is 11.8 Å². The Labute approximate surface area is 569 Å². The Hall–Kier alpha value is -8.91. The number of nitrogens with two attached hydrogens (primary N) is 7. The topological polar surface area (TPSA) is 519 Å². The number of benzene rings is 2. The maximum absolute atomic E-state index is 14.9. The van der Waals surface area contributed by atoms with E-state index in [1.807, 2.05) is 44.4 Å². The molecule has 2 aromatic rings. The van der Waals surface area contributed by atoms with Crippen LogP contribution in [0.2, 0.25) is 0 Å². The molecular weight excluding hydrogens is 1270 g/mol. The molecule has 0 spiro atoms. The van der Waals surface area contributed by atoms with Gasteiger partial charge in [-0.3, -0.25) is 67.3 Å². The second-order valence-corrected chi connectivity index (χ2v) is 26.3. The van der Waals surface area contributed by atoms with Crippen molar-refractivity contribution in [3.63, 3.8) is 0 Å². The van der Waals surface area contributed by atoms with E-state index in [-0.39, 0.29) is 76.6 Å². The number of rotatable bonds is 41. The van der Waals surface area contributed by atoms with Crippen LogP contribution < -0.4 is 82.7 Å². The van der Waals surface area contributed by atoms with Crippen LogP contribution in [-0.4, -0.2) is 198 Å². The van der Waals surface area contributed by atoms with E-state index in [2.05, 4.69) is 47.5 Å². The van der Waals surface area contributed by atoms with Crippen LogP contribution in [0.15, 0.2) is 59.6 Å². The number of nitrogens with one attached hydrogen (secondary N) is 8. The largest absolute Gasteiger partial charge is 0.370 e. The zero-order valence-corrected chi connectivity index (χ0v) is 56.5. The molecule has 1 aliphatic carbocycles. The van der Waals surface area contributed by atoms with Crippen LogP contribution in [-0.2, 0) is 81.6 Å². The molecule has 534 valence electrons. The summed E-state index contributed by atoms with van der Waals surface area (Å²) in [5.41, 5.74) is 42.0. The molecule has 0 aromatic heterocycles. The fraction of sp³-hybridized carbons (Fsp3) is 0.600. The number of likely N-dealkylation sites (tertiary alicyclic amines) is 2. The molecule has 0 radical (unpaired) electrons. The lowest BCUT2D eigenvalue weighted by atomic mass is 9.94. The summed E-state index contributed by atoms with van der Waals surface area (Å²) >= 11 is 1.46. The monoisotopic (exact) mass is 1370 g/mol. The normalized spacial score (nSPS) is 17.5. The van der Waals surface area contributed by atoms with Gasteiger partial charge in [-0.25, -0.2) is 0 Å². The first-order valence-corrected chi connectivity index (χ1v) is 34.6. The molecule has 0 unspecified atom stereocenters. The standard InChI is InChI=1S/C65H100N18O13S/c1-37(2)32-47(58(90)76-43(55(70)87)26-31-97-3)75-53(86)36-74-62(94)54(41-34-39-16-7-8-17-40(39)35-41)81-59(91)48(33-38-14-5-4-6-15-38)80-57(89)44(22-24-51(68)84)77-56(88)45(23-25-52(69)85)78-60(92)50-21-13-30-83(50)64(96)46(19-9-10-27-66)79-61(93)49-20-12-29-82(49)63(95)42(67)18-11-28-73-65(71)72/h4-8,14-17,37,41-50,54H,9-13,18-36,66-67H2,1-3H3,(H2,68,84)(H2,69,85)(H2,70,87)(H,74,94)(H,75,86)(H,76,90)(H,77,88)(H,78,92)(H,79,93)(H,80,89)(H,81,91)(H4,71,72,73)/t42-,43-,44-,45-,46-,47-,48-,49-,50-,54+/m0/s1. The number of unbranched alkanes of at least 4 members (excludes halogenated alkanes) is 1. The molecule has 2 fully saturated rings. The number of hydrogen-bond donors (Lipinski definition) is 15. The van der Waals surface area contributed by atoms with E-state index in [0.717, 1.165) is 11.1 Å². The van der Waals surface area contributed by atoms with Gasteiger partial charge in [0, 0.05) is 38.9 Å². The Bertz CT molecular complexity index is 3080. The fourth-order valence-electron chi connectivity index (χ4n) is 12.2. The van der Waals surface area contributed by atoms with Gasteiger partial charge in [-0.1, -0.05) is 68.4 Å². The van der Waals surface area contributed by atoms with Gasteiger partial charge in [-0.05, 0) is 143 Å². The van der Waals surface area contributed by atoms with Crippen molar-refractivity contribution < 1.29 is 62.3 Å². The Morgan fingerprint density at radius 1 is 0.567 bits per heavy atom. The summed E-state index contributed by atoms with van der Waals surface area (Å²) in [7, 11) is 0. The van der Waals surface area contributed by atoms with Crippen LogP contribution in [0.3, 0.4) is 0 Å². The summed E-state index contributed by atoms with van der Waals surface area (Å²) in [4.78, 5) is 186. The molecule has 2 heterocycles. The predicted molar refractivity (Wildman–Crippen MR) is 363 cm³/mol. The minimum Gasteiger partial charge on any atom is -0.370 e. The molecule has 13 amide bonds. The summed E-state index contributed by atoms with van der Waals surface area (Å²) in [6.07, 6.45) is 3.96. The summed E-state index contributed by atoms with van der Waals surface area (Å²) in [5.74, 6) is -10.2. The molecule has 5 rings (SSSR count). The number of carbonyl (C=O) groups is 13. The van der Waals surface area contributed by atoms with Crippen molar-refractivity contribution in [2.45, 2.75) is 190 Å². The first kappa shape index (κ1) is 78.8. The lowest BCUT2D eigenvalue weighted by Gasteiger charge is -2.32. The number of fused-ring (bicyclic) bond motifs is 1. The van der Waals surface area contributed by atoms with Crippen molar-refractivity contribution in [2.75, 3.05) is 44.7 Å². The van der Waals surface area contributed by atoms with Crippen LogP contribution >= 0.6 is 11.8 Å². The quantitative estimate of drug-likeness (QED) is 0.0174. The molecule has 10 atom stereocenters. The molecule has 3 aliphatic rings. The number of primary amides is 3. The maximum atomic E-state index is 14.9. The summed E-state index contributed by atoms with van der Waals surface area (Å²) in [5, 5.41) is 21.5. The average Bonchev–Trinajstić information content (AvgIpc) is 1.70. The first-order valence-electron chi connectivity index (χ1n) is 33.2. The van der Waals surface area contributed by atoms with Gasteiger partial charge in [-0.15, -0.1) is 0 Å². The maximum Gasteiger partial charge on any atom is 0.245 e. The number of guanidine groups is 1. The van der Waals surface area contributed by atoms with E-state index in [4.69, 9.17) is 40.1 Å². The SMILES string of the molecule is CSCC[C@H](NC(=O)[C@H](CC(C)C)NC(=O)CNC(=O)[C@H](NC(=O)[C@H](Cc1ccccc1)NC(=O)[C@H](CCC(N)=O)NC(=O)[C@H](CCC(N)=O)NC(=O)[C@@H]1CCCN1C(=O)[C@H](CCCCN)NC(=O)[C@@H]1CCCN1C(=O)[C@@H](N)CCCN=C(N)N)C1Cc2ccccc2C1)C(N)=O. The van der Waals surface area contributed by atoms with Gasteiger partial charge in [0.05, 0.1) is 12.6 Å². The van der Waals surface area contributed by atoms with Gasteiger partial charge in [0.25, 0.3) is 0 Å². The van der Waals surface area contributed by atoms with Gasteiger partial charge in [-0.2, -0.15) is 11.8 Å². The van der Waals surface area contributed by atoms with Gasteiger partial charge >= 0.3 is 0 Å². The third-order valence-corrected chi connectivity index (χ3v) is 17.9. The number of aliphatic imine (C=N–C) groups is 1. The van der Waals surface area contributed by atoms with Gasteiger partial charge in [0.2, 0.25) is 76.8 Å². The van der Waals surface area contributed by atoms with E-state index in [1.54, 1.807) is 30.3 Å². The fourth-order valence-corrected chi connectivity index (χ4v) is 12.6. The van der Waals surface area contributed by atoms with Crippen LogP contribution in [0.5, 0.6) is 0 Å². The van der Waals surface area contributed by atoms with Crippen molar-refractivity contribution in [3.8, 4) is 0 Å². The lowest BCUT2D eigenvalue weighted by Crippen LogP contribution is -2.61. The molecule has 2 saturated heterocycles. The Morgan fingerprint density at radius 3 is 1.64 bits per heavy atom. The number of carbonyl (C=O) groups excluding carboxylic acids is 13. The second-order valence-electron chi connectivity index (χ2n) is 25.3. The highest BCUT2D eigenvalue weighted by Crippen LogP contribution is 2.30. The Balaban J connectivity index is 1.35. The van der Waals surface area contributed by atoms with Crippen molar-refractivity contribution >= 4 is 94.5 Å². The van der Waals surface area contributed by atoms with Crippen molar-refractivity contribution in [2.24, 2.45) is 57.0 Å². The minimum absolute atomic E-state index is 0.0756. The number of thioether (sulfide) groups is 1. The minimum atomic E-state index is -1.64. The Kier molecular flexibility index (Phi) is 32.5. The number of amides is 13. The second kappa shape index (κ2) is 40.0. The summed E-state index contributed by atoms with van der Waals surface area (Å²) < 4.78 is 0. The van der Waals surface area contributed by atoms with Crippen LogP contribution in [0.25, 0.3) is 0 Å². The van der Waals surface area contributed by atoms with E-state index in [9.17, 15) is 62.3 Å². The van der Waals surface area contributed by atoms with Gasteiger partial charge < -0.3 is 92.5 Å². The first-order chi connectivity index (χ1) is 46.2. The molecule has 31 nitrogen and oxygen atoms in total. The van der Waals surface area contributed by atoms with Gasteiger partial charge in [0.1, 0.15) is 54.4 Å². The Morgan fingerprint density at radius 2 is 1.09 bits per heavy atom. The summed E-state index contributed by atoms with van der Waals surface area (Å²) in [6.45, 7) is 3.91. The molecule has 97 heavy (non-hydrogen) atoms. The zero-order valence-electron chi connectivity index (χ0n) is 55.7.